The lowest BCUT2D eigenvalue weighted by Gasteiger charge is -2.17. The lowest BCUT2D eigenvalue weighted by Crippen LogP contribution is -2.24. The van der Waals surface area contributed by atoms with E-state index in [2.05, 4.69) is 0 Å². The SMILES string of the molecule is COC(=O)C1=C(C)N(c2ccccc2)C(=O)C1=Cc1ccc(Cl)cc1Cl. The molecule has 0 N–H and O–H groups in total. The van der Waals surface area contributed by atoms with Crippen molar-refractivity contribution in [2.75, 3.05) is 12.0 Å². The van der Waals surface area contributed by atoms with E-state index in [9.17, 15) is 9.59 Å². The highest BCUT2D eigenvalue weighted by atomic mass is 35.5. The van der Waals surface area contributed by atoms with Gasteiger partial charge in [0.1, 0.15) is 0 Å². The normalized spacial score (nSPS) is 15.8. The molecule has 0 spiro atoms. The molecule has 2 aromatic rings. The van der Waals surface area contributed by atoms with E-state index in [1.54, 1.807) is 43.3 Å². The van der Waals surface area contributed by atoms with Crippen LogP contribution >= 0.6 is 23.2 Å². The molecule has 3 rings (SSSR count). The molecule has 0 radical (unpaired) electrons. The van der Waals surface area contributed by atoms with E-state index in [4.69, 9.17) is 27.9 Å². The van der Waals surface area contributed by atoms with E-state index in [1.165, 1.54) is 12.0 Å². The van der Waals surface area contributed by atoms with Gasteiger partial charge in [-0.15, -0.1) is 0 Å². The molecule has 0 saturated heterocycles. The number of methoxy groups -OCH3 is 1. The second-order valence-corrected chi connectivity index (χ2v) is 6.50. The summed E-state index contributed by atoms with van der Waals surface area (Å²) in [6.45, 7) is 1.71. The fraction of sp³-hybridized carbons (Fsp3) is 0.100. The highest BCUT2D eigenvalue weighted by Crippen LogP contribution is 2.36. The number of rotatable bonds is 3. The number of carbonyl (C=O) groups excluding carboxylic acids is 2. The Labute approximate surface area is 161 Å². The number of benzene rings is 2. The lowest BCUT2D eigenvalue weighted by atomic mass is 10.0. The first-order chi connectivity index (χ1) is 12.4. The molecule has 0 atom stereocenters. The second-order valence-electron chi connectivity index (χ2n) is 5.65. The average Bonchev–Trinajstić information content (AvgIpc) is 2.87. The van der Waals surface area contributed by atoms with Gasteiger partial charge in [-0.1, -0.05) is 47.5 Å². The third-order valence-electron chi connectivity index (χ3n) is 4.07. The molecule has 2 aromatic carbocycles. The smallest absolute Gasteiger partial charge is 0.340 e. The van der Waals surface area contributed by atoms with Crippen molar-refractivity contribution >= 4 is 46.8 Å². The van der Waals surface area contributed by atoms with Crippen LogP contribution in [0.2, 0.25) is 10.0 Å². The van der Waals surface area contributed by atoms with Gasteiger partial charge in [-0.25, -0.2) is 4.79 Å². The largest absolute Gasteiger partial charge is 0.465 e. The van der Waals surface area contributed by atoms with Crippen LogP contribution in [0.25, 0.3) is 6.08 Å². The second kappa shape index (κ2) is 7.36. The van der Waals surface area contributed by atoms with Crippen LogP contribution in [0.1, 0.15) is 12.5 Å². The van der Waals surface area contributed by atoms with Crippen molar-refractivity contribution in [2.24, 2.45) is 0 Å². The molecule has 0 aliphatic carbocycles. The van der Waals surface area contributed by atoms with Gasteiger partial charge in [-0.2, -0.15) is 0 Å². The molecule has 0 fully saturated rings. The van der Waals surface area contributed by atoms with Crippen molar-refractivity contribution < 1.29 is 14.3 Å². The lowest BCUT2D eigenvalue weighted by molar-refractivity contribution is -0.136. The van der Waals surface area contributed by atoms with E-state index < -0.39 is 5.97 Å². The highest BCUT2D eigenvalue weighted by molar-refractivity contribution is 6.36. The minimum absolute atomic E-state index is 0.215. The summed E-state index contributed by atoms with van der Waals surface area (Å²) in [6.07, 6.45) is 1.58. The monoisotopic (exact) mass is 387 g/mol. The Balaban J connectivity index is 2.16. The van der Waals surface area contributed by atoms with Gasteiger partial charge in [-0.3, -0.25) is 9.69 Å². The highest BCUT2D eigenvalue weighted by Gasteiger charge is 2.37. The number of allylic oxidation sites excluding steroid dienone is 1. The summed E-state index contributed by atoms with van der Waals surface area (Å²) in [5.41, 5.74) is 2.20. The Morgan fingerprint density at radius 1 is 1.12 bits per heavy atom. The van der Waals surface area contributed by atoms with Crippen molar-refractivity contribution in [1.29, 1.82) is 0 Å². The topological polar surface area (TPSA) is 46.6 Å². The number of amides is 1. The van der Waals surface area contributed by atoms with Crippen LogP contribution in [-0.2, 0) is 14.3 Å². The first kappa shape index (κ1) is 18.2. The minimum Gasteiger partial charge on any atom is -0.465 e. The van der Waals surface area contributed by atoms with Gasteiger partial charge in [-0.05, 0) is 42.8 Å². The molecular weight excluding hydrogens is 373 g/mol. The molecule has 0 aromatic heterocycles. The van der Waals surface area contributed by atoms with Crippen molar-refractivity contribution in [3.63, 3.8) is 0 Å². The van der Waals surface area contributed by atoms with Crippen molar-refractivity contribution in [1.82, 2.24) is 0 Å². The number of esters is 1. The quantitative estimate of drug-likeness (QED) is 0.557. The van der Waals surface area contributed by atoms with Crippen LogP contribution in [0.3, 0.4) is 0 Å². The average molecular weight is 388 g/mol. The summed E-state index contributed by atoms with van der Waals surface area (Å²) in [5.74, 6) is -0.897. The maximum absolute atomic E-state index is 13.1. The van der Waals surface area contributed by atoms with E-state index >= 15 is 0 Å². The molecule has 0 bridgehead atoms. The van der Waals surface area contributed by atoms with Crippen LogP contribution in [0, 0.1) is 0 Å². The molecule has 132 valence electrons. The molecule has 1 heterocycles. The molecule has 0 unspecified atom stereocenters. The number of hydrogen-bond donors (Lipinski definition) is 0. The Morgan fingerprint density at radius 2 is 1.81 bits per heavy atom. The van der Waals surface area contributed by atoms with Gasteiger partial charge in [0, 0.05) is 21.4 Å². The third-order valence-corrected chi connectivity index (χ3v) is 4.63. The Bertz CT molecular complexity index is 949. The molecular formula is C20H15Cl2NO3. The third kappa shape index (κ3) is 3.26. The Hall–Kier alpha value is -2.56. The molecule has 1 aliphatic rings. The van der Waals surface area contributed by atoms with Gasteiger partial charge >= 0.3 is 5.97 Å². The number of ether oxygens (including phenoxy) is 1. The number of anilines is 1. The van der Waals surface area contributed by atoms with Gasteiger partial charge < -0.3 is 4.74 Å². The standard InChI is InChI=1S/C20H15Cl2NO3/c1-12-18(20(25)26-2)16(10-13-8-9-14(21)11-17(13)22)19(24)23(12)15-6-4-3-5-7-15/h3-11H,1-2H3. The van der Waals surface area contributed by atoms with Crippen LogP contribution < -0.4 is 4.90 Å². The van der Waals surface area contributed by atoms with Gasteiger partial charge in [0.15, 0.2) is 0 Å². The van der Waals surface area contributed by atoms with E-state index in [-0.39, 0.29) is 17.1 Å². The zero-order valence-corrected chi connectivity index (χ0v) is 15.6. The van der Waals surface area contributed by atoms with E-state index in [0.29, 0.717) is 27.0 Å². The summed E-state index contributed by atoms with van der Waals surface area (Å²) >= 11 is 12.1. The van der Waals surface area contributed by atoms with Gasteiger partial charge in [0.05, 0.1) is 18.3 Å². The summed E-state index contributed by atoms with van der Waals surface area (Å²) in [6, 6.07) is 14.1. The first-order valence-corrected chi connectivity index (χ1v) is 8.55. The molecule has 1 amide bonds. The molecule has 1 aliphatic heterocycles. The van der Waals surface area contributed by atoms with Gasteiger partial charge in [0.25, 0.3) is 5.91 Å². The van der Waals surface area contributed by atoms with E-state index in [1.807, 2.05) is 18.2 Å². The zero-order chi connectivity index (χ0) is 18.8. The fourth-order valence-electron chi connectivity index (χ4n) is 2.84. The Kier molecular flexibility index (Phi) is 5.16. The summed E-state index contributed by atoms with van der Waals surface area (Å²) in [4.78, 5) is 26.9. The van der Waals surface area contributed by atoms with Crippen LogP contribution in [0.5, 0.6) is 0 Å². The maximum Gasteiger partial charge on any atom is 0.340 e. The Morgan fingerprint density at radius 3 is 2.42 bits per heavy atom. The number of halogens is 2. The fourth-order valence-corrected chi connectivity index (χ4v) is 3.31. The predicted molar refractivity (Wildman–Crippen MR) is 103 cm³/mol. The van der Waals surface area contributed by atoms with Crippen LogP contribution in [-0.4, -0.2) is 19.0 Å². The van der Waals surface area contributed by atoms with Crippen molar-refractivity contribution in [2.45, 2.75) is 6.92 Å². The molecule has 0 saturated carbocycles. The van der Waals surface area contributed by atoms with Crippen molar-refractivity contribution in [3.8, 4) is 0 Å². The number of hydrogen-bond acceptors (Lipinski definition) is 3. The first-order valence-electron chi connectivity index (χ1n) is 7.80. The van der Waals surface area contributed by atoms with E-state index in [0.717, 1.165) is 0 Å². The number of para-hydroxylation sites is 1. The molecule has 26 heavy (non-hydrogen) atoms. The summed E-state index contributed by atoms with van der Waals surface area (Å²) < 4.78 is 4.88. The predicted octanol–water partition coefficient (Wildman–Crippen LogP) is 4.87. The zero-order valence-electron chi connectivity index (χ0n) is 14.1. The molecule has 6 heteroatoms. The number of nitrogens with zero attached hydrogens (tertiary/aromatic N) is 1. The van der Waals surface area contributed by atoms with Crippen LogP contribution in [0.4, 0.5) is 5.69 Å². The maximum atomic E-state index is 13.1. The van der Waals surface area contributed by atoms with Crippen LogP contribution in [0.15, 0.2) is 65.4 Å². The van der Waals surface area contributed by atoms with Crippen molar-refractivity contribution in [3.05, 3.63) is 81.0 Å². The minimum atomic E-state index is -0.578. The summed E-state index contributed by atoms with van der Waals surface area (Å²) in [5, 5.41) is 0.874. The molecule has 4 nitrogen and oxygen atoms in total. The summed E-state index contributed by atoms with van der Waals surface area (Å²) in [7, 11) is 1.28. The van der Waals surface area contributed by atoms with Gasteiger partial charge in [0.2, 0.25) is 0 Å². The number of carbonyl (C=O) groups is 2.